The van der Waals surface area contributed by atoms with E-state index in [2.05, 4.69) is 10.3 Å². The van der Waals surface area contributed by atoms with E-state index in [0.717, 1.165) is 12.2 Å². The number of aromatic nitrogens is 2. The Labute approximate surface area is 125 Å². The summed E-state index contributed by atoms with van der Waals surface area (Å²) < 4.78 is 2.00. The summed E-state index contributed by atoms with van der Waals surface area (Å²) in [5.74, 6) is 1.01. The quantitative estimate of drug-likeness (QED) is 0.878. The average molecular weight is 292 g/mol. The number of carbonyl (C=O) groups excluding carboxylic acids is 2. The lowest BCUT2D eigenvalue weighted by Gasteiger charge is -2.40. The molecule has 1 N–H and O–H groups in total. The number of hydrogen-bond donors (Lipinski definition) is 1. The van der Waals surface area contributed by atoms with Gasteiger partial charge in [-0.1, -0.05) is 20.3 Å². The maximum Gasteiger partial charge on any atom is 0.245 e. The van der Waals surface area contributed by atoms with Crippen molar-refractivity contribution in [3.8, 4) is 0 Å². The Bertz CT molecular complexity index is 525. The number of imidazole rings is 1. The van der Waals surface area contributed by atoms with E-state index in [9.17, 15) is 9.59 Å². The van der Waals surface area contributed by atoms with Crippen molar-refractivity contribution in [1.82, 2.24) is 19.8 Å². The predicted molar refractivity (Wildman–Crippen MR) is 79.5 cm³/mol. The van der Waals surface area contributed by atoms with Crippen LogP contribution in [0, 0.1) is 12.8 Å². The van der Waals surface area contributed by atoms with Crippen molar-refractivity contribution in [2.75, 3.05) is 6.54 Å². The second-order valence-corrected chi connectivity index (χ2v) is 5.76. The Morgan fingerprint density at radius 1 is 1.38 bits per heavy atom. The van der Waals surface area contributed by atoms with Crippen LogP contribution in [0.25, 0.3) is 0 Å². The topological polar surface area (TPSA) is 67.2 Å². The Morgan fingerprint density at radius 2 is 2.10 bits per heavy atom. The minimum absolute atomic E-state index is 0.00216. The zero-order valence-electron chi connectivity index (χ0n) is 13.2. The van der Waals surface area contributed by atoms with Gasteiger partial charge in [-0.25, -0.2) is 4.98 Å². The van der Waals surface area contributed by atoms with Gasteiger partial charge in [-0.15, -0.1) is 0 Å². The minimum Gasteiger partial charge on any atom is -0.343 e. The van der Waals surface area contributed by atoms with Gasteiger partial charge in [0.2, 0.25) is 11.8 Å². The molecule has 1 aromatic heterocycles. The minimum atomic E-state index is -0.443. The number of nitrogens with zero attached hydrogens (tertiary/aromatic N) is 3. The van der Waals surface area contributed by atoms with Crippen LogP contribution < -0.4 is 5.32 Å². The summed E-state index contributed by atoms with van der Waals surface area (Å²) >= 11 is 0. The van der Waals surface area contributed by atoms with Gasteiger partial charge in [0, 0.05) is 25.5 Å². The van der Waals surface area contributed by atoms with E-state index in [1.807, 2.05) is 31.5 Å². The average Bonchev–Trinajstić information content (AvgIpc) is 2.85. The molecule has 6 nitrogen and oxygen atoms in total. The van der Waals surface area contributed by atoms with E-state index < -0.39 is 6.04 Å². The fraction of sp³-hybridized carbons (Fsp3) is 0.667. The van der Waals surface area contributed by atoms with Crippen molar-refractivity contribution < 1.29 is 9.59 Å². The number of aryl methyl sites for hydroxylation is 1. The first kappa shape index (κ1) is 15.5. The van der Waals surface area contributed by atoms with E-state index in [4.69, 9.17) is 0 Å². The van der Waals surface area contributed by atoms with Gasteiger partial charge in [0.15, 0.2) is 0 Å². The van der Waals surface area contributed by atoms with Gasteiger partial charge in [-0.3, -0.25) is 9.59 Å². The lowest BCUT2D eigenvalue weighted by Crippen LogP contribution is -2.64. The standard InChI is InChI=1S/C15H24N4O2/c1-5-10(2)13-14(20)17-11(3)15(21)19(13)9-8-18-7-6-16-12(18)4/h6-7,10-11,13H,5,8-9H2,1-4H3,(H,17,20). The summed E-state index contributed by atoms with van der Waals surface area (Å²) in [5, 5.41) is 2.78. The largest absolute Gasteiger partial charge is 0.343 e. The number of piperazine rings is 1. The van der Waals surface area contributed by atoms with Crippen LogP contribution in [0.5, 0.6) is 0 Å². The molecule has 0 saturated carbocycles. The number of nitrogens with one attached hydrogen (secondary N) is 1. The van der Waals surface area contributed by atoms with Gasteiger partial charge in [-0.05, 0) is 19.8 Å². The highest BCUT2D eigenvalue weighted by Crippen LogP contribution is 2.20. The molecule has 1 aromatic rings. The Hall–Kier alpha value is -1.85. The summed E-state index contributed by atoms with van der Waals surface area (Å²) in [5.41, 5.74) is 0. The monoisotopic (exact) mass is 292 g/mol. The van der Waals surface area contributed by atoms with Crippen molar-refractivity contribution in [3.63, 3.8) is 0 Å². The zero-order valence-corrected chi connectivity index (χ0v) is 13.2. The van der Waals surface area contributed by atoms with Gasteiger partial charge < -0.3 is 14.8 Å². The number of amides is 2. The molecule has 0 bridgehead atoms. The molecule has 116 valence electrons. The first-order chi connectivity index (χ1) is 9.95. The molecule has 2 rings (SSSR count). The summed E-state index contributed by atoms with van der Waals surface area (Å²) in [7, 11) is 0. The lowest BCUT2D eigenvalue weighted by molar-refractivity contribution is -0.151. The Balaban J connectivity index is 2.16. The van der Waals surface area contributed by atoms with Crippen LogP contribution in [0.15, 0.2) is 12.4 Å². The molecule has 0 radical (unpaired) electrons. The smallest absolute Gasteiger partial charge is 0.245 e. The molecule has 0 spiro atoms. The van der Waals surface area contributed by atoms with E-state index in [0.29, 0.717) is 13.1 Å². The van der Waals surface area contributed by atoms with Gasteiger partial charge in [0.1, 0.15) is 17.9 Å². The molecule has 2 heterocycles. The molecule has 3 unspecified atom stereocenters. The fourth-order valence-electron chi connectivity index (χ4n) is 2.78. The zero-order chi connectivity index (χ0) is 15.6. The maximum absolute atomic E-state index is 12.4. The third-order valence-corrected chi connectivity index (χ3v) is 4.31. The second kappa shape index (κ2) is 6.28. The molecule has 6 heteroatoms. The molecule has 1 aliphatic rings. The third-order valence-electron chi connectivity index (χ3n) is 4.31. The van der Waals surface area contributed by atoms with Gasteiger partial charge >= 0.3 is 0 Å². The molecule has 0 aromatic carbocycles. The van der Waals surface area contributed by atoms with Crippen LogP contribution in [0.4, 0.5) is 0 Å². The van der Waals surface area contributed by atoms with Crippen LogP contribution in [0.2, 0.25) is 0 Å². The van der Waals surface area contributed by atoms with Crippen molar-refractivity contribution in [2.45, 2.75) is 52.7 Å². The lowest BCUT2D eigenvalue weighted by atomic mass is 9.93. The first-order valence-electron chi connectivity index (χ1n) is 7.54. The molecule has 3 atom stereocenters. The molecular weight excluding hydrogens is 268 g/mol. The Morgan fingerprint density at radius 3 is 2.67 bits per heavy atom. The van der Waals surface area contributed by atoms with Crippen LogP contribution in [-0.2, 0) is 16.1 Å². The van der Waals surface area contributed by atoms with E-state index in [1.165, 1.54) is 0 Å². The van der Waals surface area contributed by atoms with Gasteiger partial charge in [-0.2, -0.15) is 0 Å². The molecule has 2 amide bonds. The number of rotatable bonds is 5. The molecule has 21 heavy (non-hydrogen) atoms. The van der Waals surface area contributed by atoms with Gasteiger partial charge in [0.25, 0.3) is 0 Å². The SMILES string of the molecule is CCC(C)C1C(=O)NC(C)C(=O)N1CCn1ccnc1C. The summed E-state index contributed by atoms with van der Waals surface area (Å²) in [6.07, 6.45) is 4.50. The van der Waals surface area contributed by atoms with Crippen molar-refractivity contribution in [1.29, 1.82) is 0 Å². The molecule has 0 aliphatic carbocycles. The number of carbonyl (C=O) groups is 2. The summed E-state index contributed by atoms with van der Waals surface area (Å²) in [6, 6.07) is -0.816. The van der Waals surface area contributed by atoms with Crippen LogP contribution >= 0.6 is 0 Å². The molecule has 1 aliphatic heterocycles. The third kappa shape index (κ3) is 3.09. The highest BCUT2D eigenvalue weighted by Gasteiger charge is 2.40. The highest BCUT2D eigenvalue weighted by molar-refractivity contribution is 5.96. The van der Waals surface area contributed by atoms with Gasteiger partial charge in [0.05, 0.1) is 0 Å². The molecular formula is C15H24N4O2. The van der Waals surface area contributed by atoms with E-state index in [-0.39, 0.29) is 23.8 Å². The van der Waals surface area contributed by atoms with Crippen LogP contribution in [0.3, 0.4) is 0 Å². The molecule has 1 fully saturated rings. The van der Waals surface area contributed by atoms with Crippen molar-refractivity contribution in [2.24, 2.45) is 5.92 Å². The normalized spacial score (nSPS) is 24.1. The number of hydrogen-bond acceptors (Lipinski definition) is 3. The first-order valence-corrected chi connectivity index (χ1v) is 7.54. The molecule has 1 saturated heterocycles. The fourth-order valence-corrected chi connectivity index (χ4v) is 2.78. The van der Waals surface area contributed by atoms with Crippen LogP contribution in [0.1, 0.15) is 33.0 Å². The summed E-state index contributed by atoms with van der Waals surface area (Å²) in [6.45, 7) is 8.91. The Kier molecular flexibility index (Phi) is 4.65. The maximum atomic E-state index is 12.4. The van der Waals surface area contributed by atoms with E-state index >= 15 is 0 Å². The van der Waals surface area contributed by atoms with E-state index in [1.54, 1.807) is 18.0 Å². The highest BCUT2D eigenvalue weighted by atomic mass is 16.2. The van der Waals surface area contributed by atoms with Crippen LogP contribution in [-0.4, -0.2) is 44.9 Å². The summed E-state index contributed by atoms with van der Waals surface area (Å²) in [4.78, 5) is 30.6. The van der Waals surface area contributed by atoms with Crippen molar-refractivity contribution >= 4 is 11.8 Å². The predicted octanol–water partition coefficient (Wildman–Crippen LogP) is 0.953. The van der Waals surface area contributed by atoms with Crippen molar-refractivity contribution in [3.05, 3.63) is 18.2 Å². The second-order valence-electron chi connectivity index (χ2n) is 5.76.